The maximum absolute atomic E-state index is 12.6. The highest BCUT2D eigenvalue weighted by atomic mass is 16.5. The topological polar surface area (TPSA) is 78.2 Å². The summed E-state index contributed by atoms with van der Waals surface area (Å²) in [6, 6.07) is 17.4. The van der Waals surface area contributed by atoms with Gasteiger partial charge in [-0.15, -0.1) is 0 Å². The van der Waals surface area contributed by atoms with E-state index < -0.39 is 5.97 Å². The lowest BCUT2D eigenvalue weighted by molar-refractivity contribution is -0.152. The Morgan fingerprint density at radius 3 is 2.42 bits per heavy atom. The molecule has 1 aliphatic rings. The van der Waals surface area contributed by atoms with Crippen LogP contribution in [0.4, 0.5) is 0 Å². The van der Waals surface area contributed by atoms with Gasteiger partial charge in [-0.2, -0.15) is 0 Å². The molecule has 0 spiro atoms. The van der Waals surface area contributed by atoms with Gasteiger partial charge in [0.1, 0.15) is 11.5 Å². The van der Waals surface area contributed by atoms with Crippen molar-refractivity contribution >= 4 is 11.9 Å². The Morgan fingerprint density at radius 1 is 0.970 bits per heavy atom. The van der Waals surface area contributed by atoms with Crippen molar-refractivity contribution < 1.29 is 28.2 Å². The maximum Gasteiger partial charge on any atom is 0.306 e. The molecule has 2 aromatic carbocycles. The number of carbonyl (C=O) groups excluding carboxylic acids is 2. The van der Waals surface area contributed by atoms with Gasteiger partial charge in [-0.3, -0.25) is 9.59 Å². The van der Waals surface area contributed by atoms with Crippen LogP contribution in [0.3, 0.4) is 0 Å². The van der Waals surface area contributed by atoms with E-state index in [9.17, 15) is 9.59 Å². The third-order valence-corrected chi connectivity index (χ3v) is 5.72. The Balaban J connectivity index is 1.25. The lowest BCUT2D eigenvalue weighted by Crippen LogP contribution is -2.38. The van der Waals surface area contributed by atoms with Gasteiger partial charge in [-0.1, -0.05) is 30.3 Å². The van der Waals surface area contributed by atoms with Crippen LogP contribution < -0.4 is 9.47 Å². The van der Waals surface area contributed by atoms with Crippen LogP contribution in [0.2, 0.25) is 0 Å². The molecular weight excluding hydrogens is 422 g/mol. The van der Waals surface area contributed by atoms with E-state index in [1.165, 1.54) is 0 Å². The molecule has 1 aromatic heterocycles. The van der Waals surface area contributed by atoms with E-state index in [2.05, 4.69) is 0 Å². The molecule has 2 heterocycles. The SMILES string of the molecule is COc1cc2c(cc1OC)CN(C(=O)COC(=O)CCc1ccc(-c3ccccc3)o1)CC2. The summed E-state index contributed by atoms with van der Waals surface area (Å²) >= 11 is 0. The largest absolute Gasteiger partial charge is 0.493 e. The number of methoxy groups -OCH3 is 2. The lowest BCUT2D eigenvalue weighted by atomic mass is 9.99. The number of hydrogen-bond acceptors (Lipinski definition) is 6. The Morgan fingerprint density at radius 2 is 1.70 bits per heavy atom. The Labute approximate surface area is 192 Å². The molecule has 1 aliphatic heterocycles. The number of aryl methyl sites for hydroxylation is 1. The second kappa shape index (κ2) is 10.3. The third-order valence-electron chi connectivity index (χ3n) is 5.72. The maximum atomic E-state index is 12.6. The number of ether oxygens (including phenoxy) is 3. The highest BCUT2D eigenvalue weighted by molar-refractivity contribution is 5.81. The average Bonchev–Trinajstić information content (AvgIpc) is 3.34. The minimum atomic E-state index is -0.426. The molecule has 0 fully saturated rings. The molecule has 7 heteroatoms. The molecule has 0 atom stereocenters. The van der Waals surface area contributed by atoms with Crippen molar-refractivity contribution in [3.05, 3.63) is 71.5 Å². The molecule has 1 amide bonds. The normalized spacial score (nSPS) is 12.7. The molecule has 172 valence electrons. The number of benzene rings is 2. The fraction of sp³-hybridized carbons (Fsp3) is 0.308. The predicted molar refractivity (Wildman–Crippen MR) is 122 cm³/mol. The first-order valence-electron chi connectivity index (χ1n) is 10.9. The van der Waals surface area contributed by atoms with Crippen molar-refractivity contribution in [3.8, 4) is 22.8 Å². The van der Waals surface area contributed by atoms with Gasteiger partial charge in [-0.25, -0.2) is 0 Å². The van der Waals surface area contributed by atoms with Gasteiger partial charge in [0.05, 0.1) is 20.6 Å². The van der Waals surface area contributed by atoms with Crippen LogP contribution in [-0.4, -0.2) is 44.1 Å². The van der Waals surface area contributed by atoms with E-state index in [0.29, 0.717) is 43.2 Å². The van der Waals surface area contributed by atoms with Gasteiger partial charge in [0, 0.05) is 25.1 Å². The molecule has 7 nitrogen and oxygen atoms in total. The lowest BCUT2D eigenvalue weighted by Gasteiger charge is -2.29. The summed E-state index contributed by atoms with van der Waals surface area (Å²) in [7, 11) is 3.19. The monoisotopic (exact) mass is 449 g/mol. The molecule has 0 bridgehead atoms. The predicted octanol–water partition coefficient (Wildman–Crippen LogP) is 4.02. The zero-order valence-electron chi connectivity index (χ0n) is 18.8. The summed E-state index contributed by atoms with van der Waals surface area (Å²) in [5.41, 5.74) is 3.11. The Bertz CT molecular complexity index is 1120. The number of amides is 1. The van der Waals surface area contributed by atoms with Crippen molar-refractivity contribution in [2.45, 2.75) is 25.8 Å². The Kier molecular flexibility index (Phi) is 6.98. The molecule has 0 radical (unpaired) electrons. The van der Waals surface area contributed by atoms with Gasteiger partial charge in [-0.05, 0) is 41.8 Å². The fourth-order valence-electron chi connectivity index (χ4n) is 3.90. The van der Waals surface area contributed by atoms with Crippen LogP contribution >= 0.6 is 0 Å². The van der Waals surface area contributed by atoms with Crippen LogP contribution in [-0.2, 0) is 33.7 Å². The van der Waals surface area contributed by atoms with E-state index in [1.807, 2.05) is 54.6 Å². The van der Waals surface area contributed by atoms with Gasteiger partial charge in [0.15, 0.2) is 18.1 Å². The van der Waals surface area contributed by atoms with Crippen molar-refractivity contribution in [1.82, 2.24) is 4.90 Å². The van der Waals surface area contributed by atoms with E-state index in [1.54, 1.807) is 19.1 Å². The van der Waals surface area contributed by atoms with Crippen molar-refractivity contribution in [2.24, 2.45) is 0 Å². The number of furan rings is 1. The molecule has 0 N–H and O–H groups in total. The molecule has 33 heavy (non-hydrogen) atoms. The van der Waals surface area contributed by atoms with E-state index >= 15 is 0 Å². The zero-order valence-corrected chi connectivity index (χ0v) is 18.8. The van der Waals surface area contributed by atoms with E-state index in [0.717, 1.165) is 22.5 Å². The highest BCUT2D eigenvalue weighted by Gasteiger charge is 2.23. The smallest absolute Gasteiger partial charge is 0.306 e. The molecule has 0 aliphatic carbocycles. The first kappa shape index (κ1) is 22.5. The van der Waals surface area contributed by atoms with E-state index in [-0.39, 0.29) is 18.9 Å². The quantitative estimate of drug-likeness (QED) is 0.484. The van der Waals surface area contributed by atoms with Gasteiger partial charge >= 0.3 is 5.97 Å². The van der Waals surface area contributed by atoms with Crippen LogP contribution in [0.25, 0.3) is 11.3 Å². The van der Waals surface area contributed by atoms with Crippen LogP contribution in [0.5, 0.6) is 11.5 Å². The molecular formula is C26H27NO6. The zero-order chi connectivity index (χ0) is 23.2. The number of carbonyl (C=O) groups is 2. The van der Waals surface area contributed by atoms with Gasteiger partial charge < -0.3 is 23.5 Å². The number of rotatable bonds is 8. The average molecular weight is 450 g/mol. The second-order valence-corrected chi connectivity index (χ2v) is 7.83. The van der Waals surface area contributed by atoms with Crippen molar-refractivity contribution in [3.63, 3.8) is 0 Å². The molecule has 0 saturated heterocycles. The first-order chi connectivity index (χ1) is 16.1. The highest BCUT2D eigenvalue weighted by Crippen LogP contribution is 2.33. The summed E-state index contributed by atoms with van der Waals surface area (Å²) < 4.78 is 21.7. The standard InChI is InChI=1S/C26H27NO6/c1-30-23-14-19-12-13-27(16-20(19)15-24(23)31-2)25(28)17-32-26(29)11-9-21-8-10-22(33-21)18-6-4-3-5-7-18/h3-8,10,14-15H,9,11-13,16-17H2,1-2H3. The third kappa shape index (κ3) is 5.37. The summed E-state index contributed by atoms with van der Waals surface area (Å²) in [6.07, 6.45) is 1.27. The van der Waals surface area contributed by atoms with Gasteiger partial charge in [0.25, 0.3) is 5.91 Å². The summed E-state index contributed by atoms with van der Waals surface area (Å²) in [6.45, 7) is 0.739. The van der Waals surface area contributed by atoms with Gasteiger partial charge in [0.2, 0.25) is 0 Å². The number of esters is 1. The van der Waals surface area contributed by atoms with Crippen molar-refractivity contribution in [1.29, 1.82) is 0 Å². The second-order valence-electron chi connectivity index (χ2n) is 7.83. The summed E-state index contributed by atoms with van der Waals surface area (Å²) in [5.74, 6) is 2.13. The van der Waals surface area contributed by atoms with Crippen LogP contribution in [0.1, 0.15) is 23.3 Å². The summed E-state index contributed by atoms with van der Waals surface area (Å²) in [5, 5.41) is 0. The molecule has 3 aromatic rings. The fourth-order valence-corrected chi connectivity index (χ4v) is 3.90. The Hall–Kier alpha value is -3.74. The molecule has 0 saturated carbocycles. The molecule has 0 unspecified atom stereocenters. The summed E-state index contributed by atoms with van der Waals surface area (Å²) in [4.78, 5) is 26.5. The van der Waals surface area contributed by atoms with Crippen molar-refractivity contribution in [2.75, 3.05) is 27.4 Å². The number of hydrogen-bond donors (Lipinski definition) is 0. The number of fused-ring (bicyclic) bond motifs is 1. The minimum Gasteiger partial charge on any atom is -0.493 e. The molecule has 4 rings (SSSR count). The van der Waals surface area contributed by atoms with Crippen LogP contribution in [0.15, 0.2) is 59.0 Å². The number of nitrogens with zero attached hydrogens (tertiary/aromatic N) is 1. The van der Waals surface area contributed by atoms with E-state index in [4.69, 9.17) is 18.6 Å². The van der Waals surface area contributed by atoms with Crippen LogP contribution in [0, 0.1) is 0 Å². The minimum absolute atomic E-state index is 0.148. The first-order valence-corrected chi connectivity index (χ1v) is 10.9.